The van der Waals surface area contributed by atoms with Crippen molar-refractivity contribution in [2.75, 3.05) is 6.61 Å². The summed E-state index contributed by atoms with van der Waals surface area (Å²) in [5.41, 5.74) is 0. The molecule has 1 aliphatic rings. The fourth-order valence-electron chi connectivity index (χ4n) is 1.33. The van der Waals surface area contributed by atoms with Gasteiger partial charge in [-0.2, -0.15) is 0 Å². The van der Waals surface area contributed by atoms with E-state index in [1.54, 1.807) is 24.3 Å². The number of phenols is 1. The van der Waals surface area contributed by atoms with Crippen LogP contribution in [0.5, 0.6) is 11.5 Å². The second kappa shape index (κ2) is 4.88. The van der Waals surface area contributed by atoms with Crippen LogP contribution in [0.15, 0.2) is 24.3 Å². The van der Waals surface area contributed by atoms with Gasteiger partial charge in [0.2, 0.25) is 5.91 Å². The summed E-state index contributed by atoms with van der Waals surface area (Å²) in [6.45, 7) is 0.364. The zero-order valence-electron chi connectivity index (χ0n) is 8.98. The van der Waals surface area contributed by atoms with E-state index in [0.29, 0.717) is 24.8 Å². The van der Waals surface area contributed by atoms with Crippen LogP contribution in [-0.2, 0) is 4.79 Å². The molecule has 1 fully saturated rings. The van der Waals surface area contributed by atoms with E-state index in [4.69, 9.17) is 9.84 Å². The largest absolute Gasteiger partial charge is 0.508 e. The molecule has 1 aliphatic carbocycles. The smallest absolute Gasteiger partial charge is 0.223 e. The lowest BCUT2D eigenvalue weighted by Gasteiger charge is -2.06. The van der Waals surface area contributed by atoms with Crippen LogP contribution in [0.3, 0.4) is 0 Å². The topological polar surface area (TPSA) is 58.6 Å². The van der Waals surface area contributed by atoms with Crippen molar-refractivity contribution < 1.29 is 14.6 Å². The number of amides is 1. The Kier molecular flexibility index (Phi) is 3.29. The third kappa shape index (κ3) is 3.46. The van der Waals surface area contributed by atoms with Gasteiger partial charge in [-0.25, -0.2) is 0 Å². The van der Waals surface area contributed by atoms with Gasteiger partial charge >= 0.3 is 0 Å². The molecular formula is C12H15NO3. The van der Waals surface area contributed by atoms with Crippen molar-refractivity contribution in [3.63, 3.8) is 0 Å². The molecule has 0 heterocycles. The monoisotopic (exact) mass is 221 g/mol. The Hall–Kier alpha value is -1.71. The molecule has 2 N–H and O–H groups in total. The fraction of sp³-hybridized carbons (Fsp3) is 0.417. The van der Waals surface area contributed by atoms with Gasteiger partial charge in [0.1, 0.15) is 11.5 Å². The fourth-order valence-corrected chi connectivity index (χ4v) is 1.33. The molecule has 16 heavy (non-hydrogen) atoms. The Labute approximate surface area is 94.2 Å². The first kappa shape index (κ1) is 10.8. The Balaban J connectivity index is 1.66. The molecule has 4 heteroatoms. The SMILES string of the molecule is O=C(CCOc1ccc(O)cc1)NC1CC1. The minimum Gasteiger partial charge on any atom is -0.508 e. The summed E-state index contributed by atoms with van der Waals surface area (Å²) in [7, 11) is 0. The zero-order valence-corrected chi connectivity index (χ0v) is 8.98. The number of hydrogen-bond donors (Lipinski definition) is 2. The number of rotatable bonds is 5. The van der Waals surface area contributed by atoms with Crippen LogP contribution in [0.25, 0.3) is 0 Å². The molecule has 0 aromatic heterocycles. The Morgan fingerprint density at radius 2 is 2.06 bits per heavy atom. The molecule has 1 aromatic carbocycles. The lowest BCUT2D eigenvalue weighted by atomic mass is 10.3. The molecular weight excluding hydrogens is 206 g/mol. The van der Waals surface area contributed by atoms with Crippen LogP contribution < -0.4 is 10.1 Å². The van der Waals surface area contributed by atoms with Crippen LogP contribution >= 0.6 is 0 Å². The van der Waals surface area contributed by atoms with Crippen molar-refractivity contribution in [1.82, 2.24) is 5.32 Å². The number of aromatic hydroxyl groups is 1. The van der Waals surface area contributed by atoms with Crippen molar-refractivity contribution in [2.24, 2.45) is 0 Å². The molecule has 0 radical (unpaired) electrons. The molecule has 86 valence electrons. The maximum atomic E-state index is 11.3. The van der Waals surface area contributed by atoms with Gasteiger partial charge in [-0.1, -0.05) is 0 Å². The van der Waals surface area contributed by atoms with Crippen LogP contribution in [0.1, 0.15) is 19.3 Å². The predicted molar refractivity (Wildman–Crippen MR) is 59.4 cm³/mol. The second-order valence-corrected chi connectivity index (χ2v) is 3.93. The van der Waals surface area contributed by atoms with Crippen molar-refractivity contribution >= 4 is 5.91 Å². The Bertz CT molecular complexity index is 357. The van der Waals surface area contributed by atoms with E-state index < -0.39 is 0 Å². The lowest BCUT2D eigenvalue weighted by Crippen LogP contribution is -2.26. The van der Waals surface area contributed by atoms with Gasteiger partial charge in [-0.15, -0.1) is 0 Å². The number of ether oxygens (including phenoxy) is 1. The molecule has 0 unspecified atom stereocenters. The highest BCUT2D eigenvalue weighted by Gasteiger charge is 2.22. The molecule has 0 spiro atoms. The van der Waals surface area contributed by atoms with E-state index in [0.717, 1.165) is 12.8 Å². The quantitative estimate of drug-likeness (QED) is 0.791. The summed E-state index contributed by atoms with van der Waals surface area (Å²) in [5.74, 6) is 0.914. The van der Waals surface area contributed by atoms with Gasteiger partial charge in [0, 0.05) is 6.04 Å². The van der Waals surface area contributed by atoms with Crippen LogP contribution in [0, 0.1) is 0 Å². The molecule has 1 amide bonds. The number of carbonyl (C=O) groups excluding carboxylic acids is 1. The average molecular weight is 221 g/mol. The molecule has 0 atom stereocenters. The first-order valence-corrected chi connectivity index (χ1v) is 5.45. The third-order valence-electron chi connectivity index (χ3n) is 2.38. The lowest BCUT2D eigenvalue weighted by molar-refractivity contribution is -0.121. The van der Waals surface area contributed by atoms with E-state index in [2.05, 4.69) is 5.32 Å². The number of carbonyl (C=O) groups is 1. The normalized spacial score (nSPS) is 14.5. The van der Waals surface area contributed by atoms with Crippen LogP contribution in [0.2, 0.25) is 0 Å². The maximum absolute atomic E-state index is 11.3. The molecule has 1 aromatic rings. The van der Waals surface area contributed by atoms with Gasteiger partial charge in [0.25, 0.3) is 0 Å². The van der Waals surface area contributed by atoms with E-state index in [1.165, 1.54) is 0 Å². The summed E-state index contributed by atoms with van der Waals surface area (Å²) < 4.78 is 5.36. The minimum absolute atomic E-state index is 0.0429. The summed E-state index contributed by atoms with van der Waals surface area (Å²) in [6, 6.07) is 6.86. The molecule has 0 saturated heterocycles. The van der Waals surface area contributed by atoms with Gasteiger partial charge in [-0.05, 0) is 37.1 Å². The van der Waals surface area contributed by atoms with E-state index in [1.807, 2.05) is 0 Å². The summed E-state index contributed by atoms with van der Waals surface area (Å²) in [5, 5.41) is 11.9. The molecule has 4 nitrogen and oxygen atoms in total. The predicted octanol–water partition coefficient (Wildman–Crippen LogP) is 1.44. The average Bonchev–Trinajstić information content (AvgIpc) is 3.05. The Morgan fingerprint density at radius 1 is 1.38 bits per heavy atom. The van der Waals surface area contributed by atoms with Gasteiger partial charge in [0.05, 0.1) is 13.0 Å². The van der Waals surface area contributed by atoms with E-state index in [-0.39, 0.29) is 11.7 Å². The molecule has 2 rings (SSSR count). The van der Waals surface area contributed by atoms with Crippen molar-refractivity contribution in [3.05, 3.63) is 24.3 Å². The van der Waals surface area contributed by atoms with E-state index >= 15 is 0 Å². The molecule has 0 bridgehead atoms. The third-order valence-corrected chi connectivity index (χ3v) is 2.38. The summed E-state index contributed by atoms with van der Waals surface area (Å²) >= 11 is 0. The highest BCUT2D eigenvalue weighted by molar-refractivity contribution is 5.76. The second-order valence-electron chi connectivity index (χ2n) is 3.93. The summed E-state index contributed by atoms with van der Waals surface area (Å²) in [6.07, 6.45) is 2.58. The van der Waals surface area contributed by atoms with Gasteiger partial charge < -0.3 is 15.2 Å². The van der Waals surface area contributed by atoms with E-state index in [9.17, 15) is 4.79 Å². The number of phenolic OH excluding ortho intramolecular Hbond substituents is 1. The van der Waals surface area contributed by atoms with Crippen molar-refractivity contribution in [3.8, 4) is 11.5 Å². The van der Waals surface area contributed by atoms with Crippen LogP contribution in [0.4, 0.5) is 0 Å². The Morgan fingerprint density at radius 3 is 2.69 bits per heavy atom. The minimum atomic E-state index is 0.0429. The number of benzene rings is 1. The number of nitrogens with one attached hydrogen (secondary N) is 1. The highest BCUT2D eigenvalue weighted by atomic mass is 16.5. The first-order chi connectivity index (χ1) is 7.74. The highest BCUT2D eigenvalue weighted by Crippen LogP contribution is 2.19. The molecule has 0 aliphatic heterocycles. The van der Waals surface area contributed by atoms with Crippen molar-refractivity contribution in [1.29, 1.82) is 0 Å². The van der Waals surface area contributed by atoms with Crippen molar-refractivity contribution in [2.45, 2.75) is 25.3 Å². The van der Waals surface area contributed by atoms with Gasteiger partial charge in [0.15, 0.2) is 0 Å². The zero-order chi connectivity index (χ0) is 11.4. The molecule has 1 saturated carbocycles. The first-order valence-electron chi connectivity index (χ1n) is 5.45. The maximum Gasteiger partial charge on any atom is 0.223 e. The van der Waals surface area contributed by atoms with Gasteiger partial charge in [-0.3, -0.25) is 4.79 Å². The van der Waals surface area contributed by atoms with Crippen LogP contribution in [-0.4, -0.2) is 23.7 Å². The summed E-state index contributed by atoms with van der Waals surface area (Å²) in [4.78, 5) is 11.3. The standard InChI is InChI=1S/C12H15NO3/c14-10-3-5-11(6-4-10)16-8-7-12(15)13-9-1-2-9/h3-6,9,14H,1-2,7-8H2,(H,13,15). The number of hydrogen-bond acceptors (Lipinski definition) is 3.